The Morgan fingerprint density at radius 3 is 2.27 bits per heavy atom. The molecule has 0 aliphatic carbocycles. The first-order chi connectivity index (χ1) is 14.6. The van der Waals surface area contributed by atoms with Crippen molar-refractivity contribution in [3.63, 3.8) is 0 Å². The monoisotopic (exact) mass is 400 g/mol. The van der Waals surface area contributed by atoms with Crippen LogP contribution < -0.4 is 14.9 Å². The number of methoxy groups -OCH3 is 1. The van der Waals surface area contributed by atoms with E-state index in [2.05, 4.69) is 6.92 Å². The molecule has 4 heteroatoms. The van der Waals surface area contributed by atoms with E-state index in [0.29, 0.717) is 16.7 Å². The molecule has 3 aromatic carbocycles. The van der Waals surface area contributed by atoms with Gasteiger partial charge in [-0.15, -0.1) is 0 Å². The summed E-state index contributed by atoms with van der Waals surface area (Å²) in [6.45, 7) is 4.38. The van der Waals surface area contributed by atoms with Crippen molar-refractivity contribution in [2.45, 2.75) is 26.9 Å². The largest absolute Gasteiger partial charge is 0.497 e. The van der Waals surface area contributed by atoms with Crippen molar-refractivity contribution in [3.8, 4) is 22.8 Å². The number of benzene rings is 3. The van der Waals surface area contributed by atoms with Gasteiger partial charge in [0, 0.05) is 5.56 Å². The molecular weight excluding hydrogens is 376 g/mol. The molecule has 0 atom stereocenters. The van der Waals surface area contributed by atoms with Gasteiger partial charge in [-0.2, -0.15) is 0 Å². The number of aryl methyl sites for hydroxylation is 2. The van der Waals surface area contributed by atoms with E-state index in [9.17, 15) is 4.79 Å². The Hall–Kier alpha value is -3.53. The van der Waals surface area contributed by atoms with Crippen molar-refractivity contribution in [1.29, 1.82) is 0 Å². The van der Waals surface area contributed by atoms with Crippen molar-refractivity contribution < 1.29 is 13.9 Å². The second-order valence-electron chi connectivity index (χ2n) is 7.28. The molecule has 0 aliphatic heterocycles. The first kappa shape index (κ1) is 19.8. The summed E-state index contributed by atoms with van der Waals surface area (Å²) in [7, 11) is 1.62. The highest BCUT2D eigenvalue weighted by molar-refractivity contribution is 5.82. The Morgan fingerprint density at radius 2 is 1.60 bits per heavy atom. The summed E-state index contributed by atoms with van der Waals surface area (Å²) in [5, 5.41) is 0.533. The molecule has 0 amide bonds. The van der Waals surface area contributed by atoms with Gasteiger partial charge in [0.05, 0.1) is 12.5 Å². The summed E-state index contributed by atoms with van der Waals surface area (Å²) in [5.74, 6) is 1.38. The van der Waals surface area contributed by atoms with E-state index in [-0.39, 0.29) is 17.8 Å². The van der Waals surface area contributed by atoms with Crippen LogP contribution in [0.1, 0.15) is 23.6 Å². The number of ether oxygens (including phenoxy) is 2. The minimum absolute atomic E-state index is 0.163. The highest BCUT2D eigenvalue weighted by Crippen LogP contribution is 2.32. The lowest BCUT2D eigenvalue weighted by Gasteiger charge is -2.13. The van der Waals surface area contributed by atoms with E-state index in [4.69, 9.17) is 13.9 Å². The van der Waals surface area contributed by atoms with E-state index >= 15 is 0 Å². The van der Waals surface area contributed by atoms with E-state index in [1.165, 1.54) is 5.56 Å². The predicted molar refractivity (Wildman–Crippen MR) is 119 cm³/mol. The van der Waals surface area contributed by atoms with Gasteiger partial charge in [-0.05, 0) is 60.9 Å². The highest BCUT2D eigenvalue weighted by atomic mass is 16.5. The zero-order chi connectivity index (χ0) is 21.1. The van der Waals surface area contributed by atoms with Crippen LogP contribution in [0.4, 0.5) is 0 Å². The van der Waals surface area contributed by atoms with Gasteiger partial charge in [0.1, 0.15) is 17.9 Å². The Bertz CT molecular complexity index is 1220. The van der Waals surface area contributed by atoms with Gasteiger partial charge in [0.15, 0.2) is 5.76 Å². The zero-order valence-corrected chi connectivity index (χ0v) is 17.4. The number of hydrogen-bond acceptors (Lipinski definition) is 4. The summed E-state index contributed by atoms with van der Waals surface area (Å²) in [6.07, 6.45) is 0.842. The molecule has 1 aromatic heterocycles. The molecule has 4 nitrogen and oxygen atoms in total. The van der Waals surface area contributed by atoms with Crippen LogP contribution >= 0.6 is 0 Å². The Balaban J connectivity index is 1.83. The number of rotatable bonds is 6. The van der Waals surface area contributed by atoms with E-state index in [0.717, 1.165) is 28.9 Å². The third-order valence-electron chi connectivity index (χ3n) is 5.18. The fourth-order valence-electron chi connectivity index (χ4n) is 3.35. The second kappa shape index (κ2) is 8.46. The fourth-order valence-corrected chi connectivity index (χ4v) is 3.35. The summed E-state index contributed by atoms with van der Waals surface area (Å²) < 4.78 is 17.5. The molecule has 1 heterocycles. The summed E-state index contributed by atoms with van der Waals surface area (Å²) >= 11 is 0. The van der Waals surface area contributed by atoms with Gasteiger partial charge < -0.3 is 13.9 Å². The van der Waals surface area contributed by atoms with E-state index < -0.39 is 0 Å². The lowest BCUT2D eigenvalue weighted by molar-refractivity contribution is 0.298. The molecule has 4 aromatic rings. The molecule has 0 saturated carbocycles. The van der Waals surface area contributed by atoms with Gasteiger partial charge in [-0.1, -0.05) is 42.8 Å². The molecule has 0 bridgehead atoms. The summed E-state index contributed by atoms with van der Waals surface area (Å²) in [5.41, 5.74) is 4.39. The fraction of sp³-hybridized carbons (Fsp3) is 0.192. The van der Waals surface area contributed by atoms with E-state index in [1.54, 1.807) is 7.11 Å². The van der Waals surface area contributed by atoms with Crippen LogP contribution in [0.2, 0.25) is 0 Å². The maximum Gasteiger partial charge on any atom is 0.235 e. The molecule has 4 rings (SSSR count). The van der Waals surface area contributed by atoms with Gasteiger partial charge in [0.25, 0.3) is 0 Å². The highest BCUT2D eigenvalue weighted by Gasteiger charge is 2.18. The third kappa shape index (κ3) is 3.94. The number of fused-ring (bicyclic) bond motifs is 1. The normalized spacial score (nSPS) is 10.9. The minimum atomic E-state index is -0.163. The van der Waals surface area contributed by atoms with Crippen molar-refractivity contribution in [2.24, 2.45) is 0 Å². The van der Waals surface area contributed by atoms with Crippen LogP contribution in [0.3, 0.4) is 0 Å². The average molecular weight is 400 g/mol. The Kier molecular flexibility index (Phi) is 5.57. The minimum Gasteiger partial charge on any atom is -0.497 e. The molecular formula is C26H24O4. The van der Waals surface area contributed by atoms with Crippen molar-refractivity contribution >= 4 is 11.0 Å². The van der Waals surface area contributed by atoms with Crippen LogP contribution in [-0.4, -0.2) is 7.11 Å². The van der Waals surface area contributed by atoms with E-state index in [1.807, 2.05) is 73.7 Å². The van der Waals surface area contributed by atoms with Crippen LogP contribution in [0.15, 0.2) is 75.9 Å². The number of hydrogen-bond donors (Lipinski definition) is 0. The summed E-state index contributed by atoms with van der Waals surface area (Å²) in [6, 6.07) is 21.2. The van der Waals surface area contributed by atoms with Crippen LogP contribution in [-0.2, 0) is 13.0 Å². The molecule has 0 saturated heterocycles. The lowest BCUT2D eigenvalue weighted by atomic mass is 10.1. The molecule has 0 fully saturated rings. The molecule has 0 aliphatic rings. The van der Waals surface area contributed by atoms with Gasteiger partial charge in [-0.25, -0.2) is 0 Å². The first-order valence-corrected chi connectivity index (χ1v) is 10.0. The van der Waals surface area contributed by atoms with Crippen LogP contribution in [0, 0.1) is 6.92 Å². The Labute approximate surface area is 175 Å². The smallest absolute Gasteiger partial charge is 0.235 e. The topological polar surface area (TPSA) is 48.7 Å². The zero-order valence-electron chi connectivity index (χ0n) is 17.4. The quantitative estimate of drug-likeness (QED) is 0.403. The molecule has 0 unspecified atom stereocenters. The Morgan fingerprint density at radius 1 is 0.900 bits per heavy atom. The standard InChI is InChI=1S/C26H24O4/c1-4-18-9-14-23-22(15-18)24(27)26(29-16-19-7-5-17(2)6-8-19)25(30-23)20-10-12-21(28-3)13-11-20/h5-15H,4,16H2,1-3H3. The lowest BCUT2D eigenvalue weighted by Crippen LogP contribution is -2.10. The predicted octanol–water partition coefficient (Wildman–Crippen LogP) is 5.92. The van der Waals surface area contributed by atoms with Crippen molar-refractivity contribution in [2.75, 3.05) is 7.11 Å². The maximum absolute atomic E-state index is 13.4. The van der Waals surface area contributed by atoms with Crippen molar-refractivity contribution in [3.05, 3.63) is 93.6 Å². The molecule has 0 radical (unpaired) electrons. The third-order valence-corrected chi connectivity index (χ3v) is 5.18. The molecule has 0 spiro atoms. The average Bonchev–Trinajstić information content (AvgIpc) is 2.79. The molecule has 152 valence electrons. The van der Waals surface area contributed by atoms with Gasteiger partial charge in [-0.3, -0.25) is 4.79 Å². The van der Waals surface area contributed by atoms with Gasteiger partial charge >= 0.3 is 0 Å². The first-order valence-electron chi connectivity index (χ1n) is 10.0. The van der Waals surface area contributed by atoms with Crippen LogP contribution in [0.5, 0.6) is 11.5 Å². The summed E-state index contributed by atoms with van der Waals surface area (Å²) in [4.78, 5) is 13.4. The maximum atomic E-state index is 13.4. The molecule has 0 N–H and O–H groups in total. The van der Waals surface area contributed by atoms with Crippen molar-refractivity contribution in [1.82, 2.24) is 0 Å². The second-order valence-corrected chi connectivity index (χ2v) is 7.28. The van der Waals surface area contributed by atoms with Crippen LogP contribution in [0.25, 0.3) is 22.3 Å². The SMILES string of the molecule is CCc1ccc2oc(-c3ccc(OC)cc3)c(OCc3ccc(C)cc3)c(=O)c2c1. The van der Waals surface area contributed by atoms with Gasteiger partial charge in [0.2, 0.25) is 11.2 Å². The molecule has 30 heavy (non-hydrogen) atoms.